The molecule has 0 radical (unpaired) electrons. The average Bonchev–Trinajstić information content (AvgIpc) is 2.38. The highest BCUT2D eigenvalue weighted by molar-refractivity contribution is 5.18. The second kappa shape index (κ2) is 5.63. The Labute approximate surface area is 95.5 Å². The van der Waals surface area contributed by atoms with Crippen LogP contribution in [0.2, 0.25) is 0 Å². The predicted octanol–water partition coefficient (Wildman–Crippen LogP) is 1.15. The van der Waals surface area contributed by atoms with Crippen molar-refractivity contribution in [1.82, 2.24) is 10.4 Å². The smallest absolute Gasteiger partial charge is 0.0876 e. The van der Waals surface area contributed by atoms with Crippen LogP contribution in [0, 0.1) is 0 Å². The Balaban J connectivity index is 2.03. The summed E-state index contributed by atoms with van der Waals surface area (Å²) in [4.78, 5) is 4.00. The normalized spacial score (nSPS) is 17.4. The van der Waals surface area contributed by atoms with E-state index in [-0.39, 0.29) is 6.04 Å². The fraction of sp³-hybridized carbons (Fsp3) is 0.417. The quantitative estimate of drug-likeness (QED) is 0.589. The maximum atomic E-state index is 5.59. The highest BCUT2D eigenvalue weighted by Gasteiger charge is 2.16. The van der Waals surface area contributed by atoms with Gasteiger partial charge in [0.25, 0.3) is 0 Å². The minimum atomic E-state index is 0.155. The van der Waals surface area contributed by atoms with Crippen LogP contribution in [0.5, 0.6) is 0 Å². The van der Waals surface area contributed by atoms with Gasteiger partial charge in [-0.3, -0.25) is 16.3 Å². The van der Waals surface area contributed by atoms with Crippen LogP contribution in [0.15, 0.2) is 36.4 Å². The van der Waals surface area contributed by atoms with Gasteiger partial charge in [0, 0.05) is 18.4 Å². The second-order valence-electron chi connectivity index (χ2n) is 3.95. The van der Waals surface area contributed by atoms with Crippen molar-refractivity contribution in [3.05, 3.63) is 41.9 Å². The molecule has 0 amide bonds. The van der Waals surface area contributed by atoms with Gasteiger partial charge < -0.3 is 4.74 Å². The van der Waals surface area contributed by atoms with Crippen molar-refractivity contribution < 1.29 is 4.74 Å². The predicted molar refractivity (Wildman–Crippen MR) is 62.3 cm³/mol. The third kappa shape index (κ3) is 2.81. The first kappa shape index (κ1) is 11.1. The molecule has 0 aromatic carbocycles. The fourth-order valence-corrected chi connectivity index (χ4v) is 1.89. The van der Waals surface area contributed by atoms with Gasteiger partial charge in [0.1, 0.15) is 0 Å². The lowest BCUT2D eigenvalue weighted by atomic mass is 9.97. The molecule has 0 aliphatic carbocycles. The first-order valence-electron chi connectivity index (χ1n) is 5.55. The second-order valence-corrected chi connectivity index (χ2v) is 3.95. The van der Waals surface area contributed by atoms with E-state index >= 15 is 0 Å². The number of nitrogens with one attached hydrogen (secondary N) is 1. The molecule has 0 spiro atoms. The van der Waals surface area contributed by atoms with Crippen molar-refractivity contribution in [3.8, 4) is 0 Å². The molecule has 1 aromatic heterocycles. The molecule has 0 bridgehead atoms. The topological polar surface area (TPSA) is 60.2 Å². The summed E-state index contributed by atoms with van der Waals surface area (Å²) in [7, 11) is 0. The van der Waals surface area contributed by atoms with Crippen molar-refractivity contribution in [2.24, 2.45) is 5.84 Å². The molecule has 1 aromatic rings. The van der Waals surface area contributed by atoms with Crippen LogP contribution in [0.3, 0.4) is 0 Å². The zero-order valence-corrected chi connectivity index (χ0v) is 9.23. The van der Waals surface area contributed by atoms with Gasteiger partial charge in [0.15, 0.2) is 0 Å². The number of hydrogen-bond donors (Lipinski definition) is 2. The molecule has 2 rings (SSSR count). The third-order valence-electron chi connectivity index (χ3n) is 2.80. The minimum Gasteiger partial charge on any atom is -0.501 e. The van der Waals surface area contributed by atoms with E-state index in [0.29, 0.717) is 0 Å². The molecule has 0 saturated heterocycles. The number of ether oxygens (including phenoxy) is 1. The molecular formula is C12H17N3O. The lowest BCUT2D eigenvalue weighted by Gasteiger charge is -2.22. The lowest BCUT2D eigenvalue weighted by molar-refractivity contribution is 0.219. The molecule has 2 heterocycles. The van der Waals surface area contributed by atoms with Gasteiger partial charge in [-0.15, -0.1) is 0 Å². The van der Waals surface area contributed by atoms with Crippen molar-refractivity contribution in [1.29, 1.82) is 0 Å². The van der Waals surface area contributed by atoms with Gasteiger partial charge >= 0.3 is 0 Å². The number of pyridine rings is 1. The van der Waals surface area contributed by atoms with Crippen LogP contribution in [0.1, 0.15) is 18.4 Å². The first-order chi connectivity index (χ1) is 7.90. The lowest BCUT2D eigenvalue weighted by Crippen LogP contribution is -2.39. The van der Waals surface area contributed by atoms with Crippen LogP contribution < -0.4 is 11.3 Å². The van der Waals surface area contributed by atoms with E-state index < -0.39 is 0 Å². The highest BCUT2D eigenvalue weighted by atomic mass is 16.5. The summed E-state index contributed by atoms with van der Waals surface area (Å²) in [6.45, 7) is 0.816. The Bertz CT molecular complexity index is 351. The van der Waals surface area contributed by atoms with Crippen molar-refractivity contribution in [2.45, 2.75) is 25.3 Å². The fourth-order valence-electron chi connectivity index (χ4n) is 1.89. The molecule has 16 heavy (non-hydrogen) atoms. The average molecular weight is 219 g/mol. The van der Waals surface area contributed by atoms with E-state index in [2.05, 4.69) is 10.4 Å². The number of hydrogen-bond acceptors (Lipinski definition) is 4. The van der Waals surface area contributed by atoms with Crippen LogP contribution >= 0.6 is 0 Å². The van der Waals surface area contributed by atoms with Gasteiger partial charge in [-0.2, -0.15) is 0 Å². The van der Waals surface area contributed by atoms with E-state index in [0.717, 1.165) is 25.9 Å². The summed E-state index contributed by atoms with van der Waals surface area (Å²) in [5.41, 5.74) is 5.32. The summed E-state index contributed by atoms with van der Waals surface area (Å²) in [6, 6.07) is 4.17. The number of nitrogens with zero attached hydrogens (tertiary/aromatic N) is 1. The van der Waals surface area contributed by atoms with Gasteiger partial charge in [-0.25, -0.2) is 0 Å². The Morgan fingerprint density at radius 2 is 2.25 bits per heavy atom. The van der Waals surface area contributed by atoms with Crippen LogP contribution in [0.4, 0.5) is 0 Å². The summed E-state index contributed by atoms with van der Waals surface area (Å²) in [5, 5.41) is 0. The molecule has 86 valence electrons. The summed E-state index contributed by atoms with van der Waals surface area (Å²) in [5.74, 6) is 5.59. The maximum Gasteiger partial charge on any atom is 0.0876 e. The monoisotopic (exact) mass is 219 g/mol. The Morgan fingerprint density at radius 3 is 2.88 bits per heavy atom. The zero-order valence-electron chi connectivity index (χ0n) is 9.23. The molecule has 3 N–H and O–H groups in total. The molecule has 0 saturated carbocycles. The molecule has 1 aliphatic rings. The van der Waals surface area contributed by atoms with E-state index in [1.165, 1.54) is 11.1 Å². The van der Waals surface area contributed by atoms with Crippen molar-refractivity contribution in [2.75, 3.05) is 6.61 Å². The highest BCUT2D eigenvalue weighted by Crippen LogP contribution is 2.18. The van der Waals surface area contributed by atoms with E-state index in [1.54, 1.807) is 12.4 Å². The van der Waals surface area contributed by atoms with E-state index in [1.807, 2.05) is 18.4 Å². The standard InChI is InChI=1S/C12H17N3O/c13-15-12(11-2-1-7-16-9-11)8-10-3-5-14-6-4-10/h3-6,9,12,15H,1-2,7-8,13H2. The number of aromatic nitrogens is 1. The minimum absolute atomic E-state index is 0.155. The molecule has 4 heteroatoms. The van der Waals surface area contributed by atoms with E-state index in [4.69, 9.17) is 10.6 Å². The first-order valence-corrected chi connectivity index (χ1v) is 5.55. The van der Waals surface area contributed by atoms with Crippen molar-refractivity contribution >= 4 is 0 Å². The Morgan fingerprint density at radius 1 is 1.44 bits per heavy atom. The van der Waals surface area contributed by atoms with Crippen LogP contribution in [0.25, 0.3) is 0 Å². The molecule has 1 aliphatic heterocycles. The third-order valence-corrected chi connectivity index (χ3v) is 2.80. The number of hydrazine groups is 1. The summed E-state index contributed by atoms with van der Waals surface area (Å²) >= 11 is 0. The summed E-state index contributed by atoms with van der Waals surface area (Å²) in [6.07, 6.45) is 8.44. The molecule has 1 unspecified atom stereocenters. The molecule has 1 atom stereocenters. The SMILES string of the molecule is NNC(Cc1ccncc1)C1=COCCC1. The number of rotatable bonds is 4. The molecule has 0 fully saturated rings. The van der Waals surface area contributed by atoms with Gasteiger partial charge in [-0.1, -0.05) is 0 Å². The zero-order chi connectivity index (χ0) is 11.2. The number of nitrogens with two attached hydrogens (primary N) is 1. The largest absolute Gasteiger partial charge is 0.501 e. The van der Waals surface area contributed by atoms with Gasteiger partial charge in [0.2, 0.25) is 0 Å². The molecular weight excluding hydrogens is 202 g/mol. The summed E-state index contributed by atoms with van der Waals surface area (Å²) < 4.78 is 5.33. The van der Waals surface area contributed by atoms with Gasteiger partial charge in [0.05, 0.1) is 12.9 Å². The Kier molecular flexibility index (Phi) is 3.91. The van der Waals surface area contributed by atoms with Crippen LogP contribution in [-0.4, -0.2) is 17.6 Å². The maximum absolute atomic E-state index is 5.59. The Hall–Kier alpha value is -1.39. The van der Waals surface area contributed by atoms with Crippen LogP contribution in [-0.2, 0) is 11.2 Å². The van der Waals surface area contributed by atoms with Crippen molar-refractivity contribution in [3.63, 3.8) is 0 Å². The van der Waals surface area contributed by atoms with Gasteiger partial charge in [-0.05, 0) is 42.5 Å². The van der Waals surface area contributed by atoms with E-state index in [9.17, 15) is 0 Å². The molecule has 4 nitrogen and oxygen atoms in total.